The highest BCUT2D eigenvalue weighted by Gasteiger charge is 2.37. The molecule has 0 spiro atoms. The summed E-state index contributed by atoms with van der Waals surface area (Å²) in [5, 5.41) is 7.16. The number of nitrogens with zero attached hydrogens (tertiary/aromatic N) is 3. The predicted octanol–water partition coefficient (Wildman–Crippen LogP) is 2.53. The molecule has 0 unspecified atom stereocenters. The average Bonchev–Trinajstić information content (AvgIpc) is 3.43. The van der Waals surface area contributed by atoms with Gasteiger partial charge >= 0.3 is 0 Å². The van der Waals surface area contributed by atoms with Crippen LogP contribution in [0.4, 0.5) is 5.95 Å². The first-order valence-corrected chi connectivity index (χ1v) is 8.47. The van der Waals surface area contributed by atoms with Gasteiger partial charge in [-0.15, -0.1) is 0 Å². The molecule has 2 N–H and O–H groups in total. The summed E-state index contributed by atoms with van der Waals surface area (Å²) in [6, 6.07) is 4.53. The lowest BCUT2D eigenvalue weighted by molar-refractivity contribution is 0.455. The van der Waals surface area contributed by atoms with Crippen LogP contribution in [0.25, 0.3) is 11.0 Å². The van der Waals surface area contributed by atoms with Crippen molar-refractivity contribution in [3.63, 3.8) is 0 Å². The number of aromatic amines is 2. The molecule has 2 saturated carbocycles. The fourth-order valence-corrected chi connectivity index (χ4v) is 3.30. The zero-order chi connectivity index (χ0) is 16.3. The molecule has 0 amide bonds. The second-order valence-corrected chi connectivity index (χ2v) is 7.00. The van der Waals surface area contributed by atoms with E-state index in [1.807, 2.05) is 6.07 Å². The molecule has 2 fully saturated rings. The first-order valence-electron chi connectivity index (χ1n) is 8.47. The quantitative estimate of drug-likeness (QED) is 0.752. The maximum absolute atomic E-state index is 12.2. The van der Waals surface area contributed by atoms with Crippen molar-refractivity contribution < 1.29 is 4.42 Å². The van der Waals surface area contributed by atoms with Gasteiger partial charge in [0, 0.05) is 12.0 Å². The molecule has 5 rings (SSSR count). The Kier molecular flexibility index (Phi) is 2.86. The number of hydrogen-bond donors (Lipinski definition) is 2. The van der Waals surface area contributed by atoms with Crippen LogP contribution in [-0.2, 0) is 6.54 Å². The number of anilines is 1. The summed E-state index contributed by atoms with van der Waals surface area (Å²) in [4.78, 5) is 21.7. The van der Waals surface area contributed by atoms with E-state index in [4.69, 9.17) is 4.42 Å². The Morgan fingerprint density at radius 2 is 2.21 bits per heavy atom. The fraction of sp³-hybridized carbons (Fsp3) is 0.471. The van der Waals surface area contributed by atoms with E-state index in [-0.39, 0.29) is 5.56 Å². The SMILES string of the molecule is C[C@H]1C[C@H]1c1ccc(CN(c2nc3[nH]ncc3c(=O)[nH]2)C2CC2)o1. The van der Waals surface area contributed by atoms with Crippen molar-refractivity contribution in [3.8, 4) is 0 Å². The van der Waals surface area contributed by atoms with E-state index >= 15 is 0 Å². The van der Waals surface area contributed by atoms with Crippen molar-refractivity contribution >= 4 is 17.0 Å². The molecule has 24 heavy (non-hydrogen) atoms. The van der Waals surface area contributed by atoms with Crippen molar-refractivity contribution in [1.29, 1.82) is 0 Å². The summed E-state index contributed by atoms with van der Waals surface area (Å²) in [5.74, 6) is 3.89. The molecule has 3 heterocycles. The lowest BCUT2D eigenvalue weighted by Gasteiger charge is -2.21. The van der Waals surface area contributed by atoms with Gasteiger partial charge in [-0.05, 0) is 37.3 Å². The molecule has 2 aliphatic carbocycles. The van der Waals surface area contributed by atoms with Gasteiger partial charge in [0.25, 0.3) is 5.56 Å². The van der Waals surface area contributed by atoms with E-state index in [1.54, 1.807) is 0 Å². The summed E-state index contributed by atoms with van der Waals surface area (Å²) >= 11 is 0. The minimum atomic E-state index is -0.165. The molecule has 3 aromatic rings. The van der Waals surface area contributed by atoms with E-state index in [0.717, 1.165) is 30.3 Å². The van der Waals surface area contributed by atoms with Crippen LogP contribution in [0.1, 0.15) is 43.6 Å². The van der Waals surface area contributed by atoms with Gasteiger partial charge in [0.15, 0.2) is 5.65 Å². The van der Waals surface area contributed by atoms with E-state index in [9.17, 15) is 4.79 Å². The zero-order valence-corrected chi connectivity index (χ0v) is 13.5. The minimum absolute atomic E-state index is 0.165. The summed E-state index contributed by atoms with van der Waals surface area (Å²) in [6.45, 7) is 2.87. The van der Waals surface area contributed by atoms with E-state index in [0.29, 0.717) is 35.5 Å². The topological polar surface area (TPSA) is 90.8 Å². The molecule has 0 radical (unpaired) electrons. The van der Waals surface area contributed by atoms with Crippen molar-refractivity contribution in [3.05, 3.63) is 40.2 Å². The van der Waals surface area contributed by atoms with E-state index in [1.165, 1.54) is 12.6 Å². The third-order valence-electron chi connectivity index (χ3n) is 5.05. The summed E-state index contributed by atoms with van der Waals surface area (Å²) in [7, 11) is 0. The number of aromatic nitrogens is 4. The molecule has 0 aromatic carbocycles. The smallest absolute Gasteiger partial charge is 0.263 e. The Morgan fingerprint density at radius 3 is 2.96 bits per heavy atom. The molecule has 124 valence electrons. The van der Waals surface area contributed by atoms with Crippen molar-refractivity contribution in [2.75, 3.05) is 4.90 Å². The van der Waals surface area contributed by atoms with Crippen LogP contribution in [0.15, 0.2) is 27.5 Å². The highest BCUT2D eigenvalue weighted by Crippen LogP contribution is 2.47. The number of fused-ring (bicyclic) bond motifs is 1. The van der Waals surface area contributed by atoms with Crippen molar-refractivity contribution in [2.24, 2.45) is 5.92 Å². The van der Waals surface area contributed by atoms with Crippen LogP contribution in [0, 0.1) is 5.92 Å². The molecule has 2 aliphatic rings. The summed E-state index contributed by atoms with van der Waals surface area (Å²) in [6.07, 6.45) is 4.93. The first kappa shape index (κ1) is 13.8. The van der Waals surface area contributed by atoms with E-state index in [2.05, 4.69) is 38.1 Å². The van der Waals surface area contributed by atoms with Gasteiger partial charge in [0.05, 0.1) is 12.7 Å². The zero-order valence-electron chi connectivity index (χ0n) is 13.5. The number of hydrogen-bond acceptors (Lipinski definition) is 5. The number of furan rings is 1. The Bertz CT molecular complexity index is 951. The van der Waals surface area contributed by atoms with Gasteiger partial charge in [-0.25, -0.2) is 0 Å². The molecular weight excluding hydrogens is 306 g/mol. The Labute approximate surface area is 138 Å². The van der Waals surface area contributed by atoms with Gasteiger partial charge in [-0.2, -0.15) is 10.1 Å². The highest BCUT2D eigenvalue weighted by molar-refractivity contribution is 5.73. The largest absolute Gasteiger partial charge is 0.464 e. The molecule has 7 nitrogen and oxygen atoms in total. The van der Waals surface area contributed by atoms with Crippen LogP contribution in [0.5, 0.6) is 0 Å². The second-order valence-electron chi connectivity index (χ2n) is 7.00. The maximum atomic E-state index is 12.2. The third kappa shape index (κ3) is 2.31. The van der Waals surface area contributed by atoms with Gasteiger partial charge < -0.3 is 9.32 Å². The van der Waals surface area contributed by atoms with Crippen LogP contribution >= 0.6 is 0 Å². The molecule has 2 atom stereocenters. The van der Waals surface area contributed by atoms with Crippen LogP contribution in [-0.4, -0.2) is 26.2 Å². The van der Waals surface area contributed by atoms with Crippen LogP contribution < -0.4 is 10.5 Å². The Morgan fingerprint density at radius 1 is 1.38 bits per heavy atom. The van der Waals surface area contributed by atoms with Gasteiger partial charge in [-0.3, -0.25) is 14.9 Å². The highest BCUT2D eigenvalue weighted by atomic mass is 16.3. The standard InChI is InChI=1S/C17H19N5O2/c1-9-6-12(9)14-5-4-11(24-14)8-22(10-2-3-10)17-19-15-13(7-18-21-15)16(23)20-17/h4-5,7,9-10,12H,2-3,6,8H2,1H3,(H2,18,19,20,21,23)/t9-,12+/m0/s1. The van der Waals surface area contributed by atoms with Gasteiger partial charge in [0.2, 0.25) is 5.95 Å². The first-order chi connectivity index (χ1) is 11.7. The monoisotopic (exact) mass is 325 g/mol. The summed E-state index contributed by atoms with van der Waals surface area (Å²) < 4.78 is 6.03. The maximum Gasteiger partial charge on any atom is 0.263 e. The molecule has 3 aromatic heterocycles. The van der Waals surface area contributed by atoms with Crippen molar-refractivity contribution in [2.45, 2.75) is 44.7 Å². The molecule has 0 saturated heterocycles. The predicted molar refractivity (Wildman–Crippen MR) is 88.9 cm³/mol. The number of H-pyrrole nitrogens is 2. The normalized spacial score (nSPS) is 22.9. The Balaban J connectivity index is 1.46. The molecule has 0 aliphatic heterocycles. The molecule has 7 heteroatoms. The summed E-state index contributed by atoms with van der Waals surface area (Å²) in [5.41, 5.74) is 0.354. The number of rotatable bonds is 5. The average molecular weight is 325 g/mol. The Hall–Kier alpha value is -2.57. The lowest BCUT2D eigenvalue weighted by Crippen LogP contribution is -2.29. The van der Waals surface area contributed by atoms with Crippen LogP contribution in [0.2, 0.25) is 0 Å². The van der Waals surface area contributed by atoms with Gasteiger partial charge in [0.1, 0.15) is 16.9 Å². The molecular formula is C17H19N5O2. The third-order valence-corrected chi connectivity index (χ3v) is 5.05. The minimum Gasteiger partial charge on any atom is -0.464 e. The van der Waals surface area contributed by atoms with Crippen molar-refractivity contribution in [1.82, 2.24) is 20.2 Å². The lowest BCUT2D eigenvalue weighted by atomic mass is 10.3. The second kappa shape index (κ2) is 4.96. The van der Waals surface area contributed by atoms with Crippen LogP contribution in [0.3, 0.4) is 0 Å². The van der Waals surface area contributed by atoms with Gasteiger partial charge in [-0.1, -0.05) is 6.92 Å². The fourth-order valence-electron chi connectivity index (χ4n) is 3.30. The molecule has 0 bridgehead atoms. The van der Waals surface area contributed by atoms with E-state index < -0.39 is 0 Å². The number of nitrogens with one attached hydrogen (secondary N) is 2.